The first kappa shape index (κ1) is 6.84. The average Bonchev–Trinajstić information content (AvgIpc) is 2.47. The first-order valence-electron chi connectivity index (χ1n) is 3.58. The van der Waals surface area contributed by atoms with Gasteiger partial charge in [0.1, 0.15) is 0 Å². The van der Waals surface area contributed by atoms with Gasteiger partial charge in [0.05, 0.1) is 17.2 Å². The minimum atomic E-state index is 0.679. The van der Waals surface area contributed by atoms with Crippen molar-refractivity contribution in [3.63, 3.8) is 0 Å². The van der Waals surface area contributed by atoms with Crippen LogP contribution in [0.5, 0.6) is 0 Å². The summed E-state index contributed by atoms with van der Waals surface area (Å²) in [5, 5.41) is 3.38. The van der Waals surface area contributed by atoms with Crippen molar-refractivity contribution in [2.75, 3.05) is 0 Å². The number of aromatic nitrogens is 2. The molecule has 0 fully saturated rings. The minimum Gasteiger partial charge on any atom is -0.337 e. The van der Waals surface area contributed by atoms with Crippen molar-refractivity contribution < 1.29 is 0 Å². The number of fused-ring (bicyclic) bond motifs is 1. The molecule has 0 atom stereocenters. The van der Waals surface area contributed by atoms with Gasteiger partial charge in [-0.05, 0) is 12.1 Å². The number of benzene rings is 1. The summed E-state index contributed by atoms with van der Waals surface area (Å²) in [6.07, 6.45) is 1.49. The van der Waals surface area contributed by atoms with Gasteiger partial charge in [-0.3, -0.25) is 0 Å². The van der Waals surface area contributed by atoms with Crippen LogP contribution >= 0.6 is 0 Å². The third-order valence-electron chi connectivity index (χ3n) is 1.60. The number of hydrazone groups is 1. The van der Waals surface area contributed by atoms with Gasteiger partial charge in [-0.25, -0.2) is 4.98 Å². The van der Waals surface area contributed by atoms with Crippen LogP contribution in [-0.2, 0) is 0 Å². The number of para-hydroxylation sites is 2. The molecule has 0 saturated carbocycles. The second-order valence-electron chi connectivity index (χ2n) is 2.42. The van der Waals surface area contributed by atoms with Crippen molar-refractivity contribution >= 4 is 17.2 Å². The van der Waals surface area contributed by atoms with Crippen molar-refractivity contribution in [3.05, 3.63) is 30.1 Å². The average molecular weight is 160 g/mol. The molecule has 0 bridgehead atoms. The van der Waals surface area contributed by atoms with Crippen LogP contribution in [0.15, 0.2) is 29.4 Å². The molecule has 4 heteroatoms. The highest BCUT2D eigenvalue weighted by Gasteiger charge is 1.97. The van der Waals surface area contributed by atoms with Crippen LogP contribution in [0.25, 0.3) is 11.0 Å². The molecule has 0 aliphatic heterocycles. The first-order chi connectivity index (χ1) is 5.90. The van der Waals surface area contributed by atoms with E-state index in [2.05, 4.69) is 15.1 Å². The van der Waals surface area contributed by atoms with Gasteiger partial charge >= 0.3 is 0 Å². The van der Waals surface area contributed by atoms with E-state index in [1.54, 1.807) is 0 Å². The Labute approximate surface area is 69.1 Å². The summed E-state index contributed by atoms with van der Waals surface area (Å²) in [5.41, 5.74) is 1.92. The Kier molecular flexibility index (Phi) is 1.51. The molecule has 12 heavy (non-hydrogen) atoms. The van der Waals surface area contributed by atoms with Gasteiger partial charge in [0.15, 0.2) is 5.82 Å². The monoisotopic (exact) mass is 160 g/mol. The molecular formula is C8H8N4. The van der Waals surface area contributed by atoms with E-state index in [4.69, 9.17) is 5.84 Å². The van der Waals surface area contributed by atoms with Crippen LogP contribution in [0.4, 0.5) is 0 Å². The predicted molar refractivity (Wildman–Crippen MR) is 47.9 cm³/mol. The Morgan fingerprint density at radius 2 is 2.25 bits per heavy atom. The van der Waals surface area contributed by atoms with Crippen LogP contribution in [0.3, 0.4) is 0 Å². The molecule has 3 N–H and O–H groups in total. The summed E-state index contributed by atoms with van der Waals surface area (Å²) in [7, 11) is 0. The highest BCUT2D eigenvalue weighted by atomic mass is 15.1. The maximum Gasteiger partial charge on any atom is 0.151 e. The molecule has 0 saturated heterocycles. The number of aromatic amines is 1. The number of nitrogens with two attached hydrogens (primary N) is 1. The third kappa shape index (κ3) is 1.03. The number of H-pyrrole nitrogens is 1. The predicted octanol–water partition coefficient (Wildman–Crippen LogP) is 0.855. The largest absolute Gasteiger partial charge is 0.337 e. The Morgan fingerprint density at radius 1 is 1.42 bits per heavy atom. The fourth-order valence-corrected chi connectivity index (χ4v) is 1.10. The Bertz CT molecular complexity index is 383. The van der Waals surface area contributed by atoms with E-state index in [1.807, 2.05) is 24.3 Å². The normalized spacial score (nSPS) is 11.3. The van der Waals surface area contributed by atoms with E-state index in [0.29, 0.717) is 5.82 Å². The second-order valence-corrected chi connectivity index (χ2v) is 2.42. The number of nitrogens with one attached hydrogen (secondary N) is 1. The van der Waals surface area contributed by atoms with Crippen molar-refractivity contribution in [1.29, 1.82) is 0 Å². The zero-order valence-electron chi connectivity index (χ0n) is 6.36. The molecule has 2 aromatic rings. The Balaban J connectivity index is 2.62. The van der Waals surface area contributed by atoms with Crippen molar-refractivity contribution in [1.82, 2.24) is 9.97 Å². The summed E-state index contributed by atoms with van der Waals surface area (Å²) in [5.74, 6) is 5.67. The van der Waals surface area contributed by atoms with Crippen LogP contribution in [0.2, 0.25) is 0 Å². The quantitative estimate of drug-likeness (QED) is 0.369. The van der Waals surface area contributed by atoms with Crippen LogP contribution in [0, 0.1) is 0 Å². The maximum atomic E-state index is 4.99. The van der Waals surface area contributed by atoms with Crippen molar-refractivity contribution in [2.45, 2.75) is 0 Å². The zero-order chi connectivity index (χ0) is 8.39. The topological polar surface area (TPSA) is 67.1 Å². The number of hydrogen-bond donors (Lipinski definition) is 2. The number of nitrogens with zero attached hydrogens (tertiary/aromatic N) is 2. The lowest BCUT2D eigenvalue weighted by Crippen LogP contribution is -1.87. The van der Waals surface area contributed by atoms with Crippen molar-refractivity contribution in [2.24, 2.45) is 10.9 Å². The summed E-state index contributed by atoms with van der Waals surface area (Å²) in [6, 6.07) is 7.77. The van der Waals surface area contributed by atoms with E-state index in [-0.39, 0.29) is 0 Å². The van der Waals surface area contributed by atoms with Crippen LogP contribution in [-0.4, -0.2) is 16.2 Å². The molecule has 0 spiro atoms. The lowest BCUT2D eigenvalue weighted by Gasteiger charge is -1.81. The molecule has 4 nitrogen and oxygen atoms in total. The Morgan fingerprint density at radius 3 is 3.00 bits per heavy atom. The molecule has 60 valence electrons. The van der Waals surface area contributed by atoms with Gasteiger partial charge in [-0.2, -0.15) is 5.10 Å². The molecule has 0 aliphatic rings. The van der Waals surface area contributed by atoms with Crippen LogP contribution < -0.4 is 5.84 Å². The fourth-order valence-electron chi connectivity index (χ4n) is 1.10. The van der Waals surface area contributed by atoms with E-state index in [9.17, 15) is 0 Å². The lowest BCUT2D eigenvalue weighted by atomic mass is 10.3. The lowest BCUT2D eigenvalue weighted by molar-refractivity contribution is 1.23. The smallest absolute Gasteiger partial charge is 0.151 e. The molecule has 1 heterocycles. The standard InChI is InChI=1S/C8H8N4/c9-10-5-8-11-6-3-1-2-4-7(6)12-8/h1-5H,9H2,(H,11,12)/b10-5+. The van der Waals surface area contributed by atoms with Gasteiger partial charge < -0.3 is 10.8 Å². The molecule has 1 aromatic heterocycles. The summed E-state index contributed by atoms with van der Waals surface area (Å²) in [4.78, 5) is 7.27. The number of rotatable bonds is 1. The fraction of sp³-hybridized carbons (Fsp3) is 0. The molecule has 0 radical (unpaired) electrons. The third-order valence-corrected chi connectivity index (χ3v) is 1.60. The first-order valence-corrected chi connectivity index (χ1v) is 3.58. The Hall–Kier alpha value is -1.84. The van der Waals surface area contributed by atoms with Gasteiger partial charge in [0, 0.05) is 0 Å². The molecule has 2 rings (SSSR count). The molecule has 0 unspecified atom stereocenters. The molecule has 1 aromatic carbocycles. The zero-order valence-corrected chi connectivity index (χ0v) is 6.36. The number of imidazole rings is 1. The summed E-state index contributed by atoms with van der Waals surface area (Å²) in [6.45, 7) is 0. The van der Waals surface area contributed by atoms with E-state index >= 15 is 0 Å². The number of hydrogen-bond acceptors (Lipinski definition) is 3. The molecule has 0 amide bonds. The van der Waals surface area contributed by atoms with Gasteiger partial charge in [0.2, 0.25) is 0 Å². The summed E-state index contributed by atoms with van der Waals surface area (Å²) >= 11 is 0. The molecular weight excluding hydrogens is 152 g/mol. The highest BCUT2D eigenvalue weighted by molar-refractivity contribution is 5.83. The summed E-state index contributed by atoms with van der Waals surface area (Å²) < 4.78 is 0. The van der Waals surface area contributed by atoms with E-state index in [1.165, 1.54) is 6.21 Å². The van der Waals surface area contributed by atoms with Crippen molar-refractivity contribution in [3.8, 4) is 0 Å². The van der Waals surface area contributed by atoms with E-state index < -0.39 is 0 Å². The van der Waals surface area contributed by atoms with Gasteiger partial charge in [-0.15, -0.1) is 0 Å². The maximum absolute atomic E-state index is 4.99. The van der Waals surface area contributed by atoms with Gasteiger partial charge in [-0.1, -0.05) is 12.1 Å². The highest BCUT2D eigenvalue weighted by Crippen LogP contribution is 2.08. The SMILES string of the molecule is N/N=C/c1nc2ccccc2[nH]1. The van der Waals surface area contributed by atoms with E-state index in [0.717, 1.165) is 11.0 Å². The van der Waals surface area contributed by atoms with Gasteiger partial charge in [0.25, 0.3) is 0 Å². The second kappa shape index (κ2) is 2.65. The van der Waals surface area contributed by atoms with Crippen LogP contribution in [0.1, 0.15) is 5.82 Å². The molecule has 0 aliphatic carbocycles. The minimum absolute atomic E-state index is 0.679.